The number of carbonyl (C=O) groups excluding carboxylic acids is 1. The summed E-state index contributed by atoms with van der Waals surface area (Å²) < 4.78 is 0. The lowest BCUT2D eigenvalue weighted by molar-refractivity contribution is -0.132. The third-order valence-electron chi connectivity index (χ3n) is 2.91. The van der Waals surface area contributed by atoms with Crippen LogP contribution in [0.3, 0.4) is 0 Å². The number of hydrogen-bond donors (Lipinski definition) is 2. The number of carboxylic acid groups (broad SMARTS) is 1. The first kappa shape index (κ1) is 16.3. The van der Waals surface area contributed by atoms with E-state index in [1.807, 2.05) is 0 Å². The number of amides is 1. The van der Waals surface area contributed by atoms with E-state index in [4.69, 9.17) is 22.0 Å². The van der Waals surface area contributed by atoms with Crippen LogP contribution in [0.4, 0.5) is 5.69 Å². The quantitative estimate of drug-likeness (QED) is 0.663. The smallest absolute Gasteiger partial charge is 0.346 e. The van der Waals surface area contributed by atoms with Gasteiger partial charge in [0.15, 0.2) is 0 Å². The van der Waals surface area contributed by atoms with Crippen molar-refractivity contribution in [2.24, 2.45) is 0 Å². The molecule has 0 aliphatic carbocycles. The van der Waals surface area contributed by atoms with Crippen LogP contribution in [0, 0.1) is 11.3 Å². The summed E-state index contributed by atoms with van der Waals surface area (Å²) >= 11 is 5.77. The zero-order valence-corrected chi connectivity index (χ0v) is 12.5. The van der Waals surface area contributed by atoms with Crippen LogP contribution >= 0.6 is 11.6 Å². The number of halogens is 1. The molecule has 5 nitrogen and oxygen atoms in total. The Morgan fingerprint density at radius 2 is 1.87 bits per heavy atom. The van der Waals surface area contributed by atoms with Gasteiger partial charge in [-0.3, -0.25) is 4.79 Å². The Hall–Kier alpha value is -3.10. The summed E-state index contributed by atoms with van der Waals surface area (Å²) in [5.41, 5.74) is 1.05. The molecular weight excluding hydrogens is 316 g/mol. The van der Waals surface area contributed by atoms with Crippen LogP contribution in [0.15, 0.2) is 54.1 Å². The second-order valence-corrected chi connectivity index (χ2v) is 5.00. The second-order valence-electron chi connectivity index (χ2n) is 4.56. The Balaban J connectivity index is 2.20. The van der Waals surface area contributed by atoms with Crippen LogP contribution in [0.1, 0.15) is 15.9 Å². The molecule has 0 spiro atoms. The minimum absolute atomic E-state index is 0.318. The standard InChI is InChI=1S/C17H11ClN2O3/c18-14-6-4-12(5-7-14)16(21)20-15-3-1-2-11(9-15)8-13(10-19)17(22)23/h1-9H,(H,20,21)(H,22,23)/b13-8+. The van der Waals surface area contributed by atoms with Crippen molar-refractivity contribution < 1.29 is 14.7 Å². The van der Waals surface area contributed by atoms with Gasteiger partial charge in [0.05, 0.1) is 0 Å². The van der Waals surface area contributed by atoms with Crippen molar-refractivity contribution in [3.05, 3.63) is 70.3 Å². The molecule has 2 aromatic carbocycles. The highest BCUT2D eigenvalue weighted by Gasteiger charge is 2.08. The van der Waals surface area contributed by atoms with Crippen LogP contribution in [-0.4, -0.2) is 17.0 Å². The summed E-state index contributed by atoms with van der Waals surface area (Å²) in [6.45, 7) is 0. The molecule has 0 heterocycles. The first-order valence-corrected chi connectivity index (χ1v) is 6.89. The molecule has 2 rings (SSSR count). The summed E-state index contributed by atoms with van der Waals surface area (Å²) in [6, 6.07) is 14.6. The SMILES string of the molecule is N#C/C(=C\c1cccc(NC(=O)c2ccc(Cl)cc2)c1)C(=O)O. The van der Waals surface area contributed by atoms with Gasteiger partial charge in [0.2, 0.25) is 0 Å². The molecule has 0 aliphatic rings. The number of carbonyl (C=O) groups is 2. The zero-order valence-electron chi connectivity index (χ0n) is 11.8. The highest BCUT2D eigenvalue weighted by molar-refractivity contribution is 6.30. The van der Waals surface area contributed by atoms with Crippen molar-refractivity contribution in [3.63, 3.8) is 0 Å². The molecule has 0 fully saturated rings. The Kier molecular flexibility index (Phi) is 5.13. The number of rotatable bonds is 4. The first-order chi connectivity index (χ1) is 11.0. The van der Waals surface area contributed by atoms with Crippen molar-refractivity contribution in [1.82, 2.24) is 0 Å². The highest BCUT2D eigenvalue weighted by Crippen LogP contribution is 2.16. The maximum Gasteiger partial charge on any atom is 0.346 e. The van der Waals surface area contributed by atoms with E-state index in [9.17, 15) is 9.59 Å². The van der Waals surface area contributed by atoms with Gasteiger partial charge in [0.25, 0.3) is 5.91 Å². The lowest BCUT2D eigenvalue weighted by atomic mass is 10.1. The molecule has 0 saturated heterocycles. The fourth-order valence-electron chi connectivity index (χ4n) is 1.82. The second kappa shape index (κ2) is 7.25. The summed E-state index contributed by atoms with van der Waals surface area (Å²) in [4.78, 5) is 22.9. The summed E-state index contributed by atoms with van der Waals surface area (Å²) in [5.74, 6) is -1.62. The normalized spacial score (nSPS) is 10.7. The summed E-state index contributed by atoms with van der Waals surface area (Å²) in [6.07, 6.45) is 1.24. The van der Waals surface area contributed by atoms with Gasteiger partial charge < -0.3 is 10.4 Å². The van der Waals surface area contributed by atoms with E-state index in [1.54, 1.807) is 54.6 Å². The van der Waals surface area contributed by atoms with E-state index in [0.717, 1.165) is 0 Å². The summed E-state index contributed by atoms with van der Waals surface area (Å²) in [7, 11) is 0. The van der Waals surface area contributed by atoms with Crippen LogP contribution in [0.5, 0.6) is 0 Å². The van der Waals surface area contributed by atoms with Crippen molar-refractivity contribution >= 4 is 35.2 Å². The third kappa shape index (κ3) is 4.43. The van der Waals surface area contributed by atoms with Crippen molar-refractivity contribution in [1.29, 1.82) is 5.26 Å². The number of nitrogens with zero attached hydrogens (tertiary/aromatic N) is 1. The van der Waals surface area contributed by atoms with Gasteiger partial charge in [-0.05, 0) is 48.0 Å². The van der Waals surface area contributed by atoms with Gasteiger partial charge in [-0.15, -0.1) is 0 Å². The van der Waals surface area contributed by atoms with Crippen LogP contribution < -0.4 is 5.32 Å². The highest BCUT2D eigenvalue weighted by atomic mass is 35.5. The van der Waals surface area contributed by atoms with E-state index in [-0.39, 0.29) is 11.5 Å². The van der Waals surface area contributed by atoms with Crippen molar-refractivity contribution in [3.8, 4) is 6.07 Å². The average molecular weight is 327 g/mol. The van der Waals surface area contributed by atoms with Crippen LogP contribution in [-0.2, 0) is 4.79 Å². The predicted octanol–water partition coefficient (Wildman–Crippen LogP) is 3.58. The molecule has 1 amide bonds. The molecule has 0 atom stereocenters. The molecule has 114 valence electrons. The van der Waals surface area contributed by atoms with E-state index < -0.39 is 5.97 Å². The molecule has 2 aromatic rings. The molecular formula is C17H11ClN2O3. The minimum Gasteiger partial charge on any atom is -0.477 e. The van der Waals surface area contributed by atoms with E-state index in [0.29, 0.717) is 21.8 Å². The lowest BCUT2D eigenvalue weighted by Crippen LogP contribution is -2.11. The molecule has 0 aliphatic heterocycles. The monoisotopic (exact) mass is 326 g/mol. The molecule has 0 radical (unpaired) electrons. The van der Waals surface area contributed by atoms with Crippen molar-refractivity contribution in [2.45, 2.75) is 0 Å². The number of nitriles is 1. The van der Waals surface area contributed by atoms with Gasteiger partial charge in [-0.1, -0.05) is 23.7 Å². The Bertz CT molecular complexity index is 820. The Morgan fingerprint density at radius 3 is 2.48 bits per heavy atom. The van der Waals surface area contributed by atoms with E-state index in [2.05, 4.69) is 5.32 Å². The topological polar surface area (TPSA) is 90.2 Å². The van der Waals surface area contributed by atoms with Gasteiger partial charge in [-0.25, -0.2) is 4.79 Å². The number of nitrogens with one attached hydrogen (secondary N) is 1. The molecule has 0 unspecified atom stereocenters. The average Bonchev–Trinajstić information content (AvgIpc) is 2.53. The number of hydrogen-bond acceptors (Lipinski definition) is 3. The van der Waals surface area contributed by atoms with Crippen molar-refractivity contribution in [2.75, 3.05) is 5.32 Å². The predicted molar refractivity (Wildman–Crippen MR) is 87.1 cm³/mol. The van der Waals surface area contributed by atoms with E-state index in [1.165, 1.54) is 6.08 Å². The lowest BCUT2D eigenvalue weighted by Gasteiger charge is -2.06. The van der Waals surface area contributed by atoms with Gasteiger partial charge in [0, 0.05) is 16.3 Å². The Labute approximate surface area is 137 Å². The Morgan fingerprint density at radius 1 is 1.17 bits per heavy atom. The fourth-order valence-corrected chi connectivity index (χ4v) is 1.95. The fraction of sp³-hybridized carbons (Fsp3) is 0. The number of carboxylic acids is 1. The zero-order chi connectivity index (χ0) is 16.8. The number of anilines is 1. The molecule has 23 heavy (non-hydrogen) atoms. The maximum atomic E-state index is 12.1. The van der Waals surface area contributed by atoms with Crippen LogP contribution in [0.25, 0.3) is 6.08 Å². The number of aliphatic carboxylic acids is 1. The maximum absolute atomic E-state index is 12.1. The minimum atomic E-state index is -1.30. The molecule has 0 saturated carbocycles. The van der Waals surface area contributed by atoms with Crippen LogP contribution in [0.2, 0.25) is 5.02 Å². The van der Waals surface area contributed by atoms with Gasteiger partial charge in [-0.2, -0.15) is 5.26 Å². The largest absolute Gasteiger partial charge is 0.477 e. The van der Waals surface area contributed by atoms with Gasteiger partial charge >= 0.3 is 5.97 Å². The molecule has 0 aromatic heterocycles. The first-order valence-electron chi connectivity index (χ1n) is 6.51. The molecule has 0 bridgehead atoms. The molecule has 6 heteroatoms. The van der Waals surface area contributed by atoms with E-state index >= 15 is 0 Å². The summed E-state index contributed by atoms with van der Waals surface area (Å²) in [5, 5.41) is 20.8. The molecule has 2 N–H and O–H groups in total. The van der Waals surface area contributed by atoms with Gasteiger partial charge in [0.1, 0.15) is 11.6 Å². The third-order valence-corrected chi connectivity index (χ3v) is 3.16. The number of benzene rings is 2.